The highest BCUT2D eigenvalue weighted by atomic mass is 32.2. The summed E-state index contributed by atoms with van der Waals surface area (Å²) in [4.78, 5) is 24.3. The van der Waals surface area contributed by atoms with E-state index >= 15 is 0 Å². The van der Waals surface area contributed by atoms with E-state index in [4.69, 9.17) is 17.0 Å². The number of amides is 1. The molecular weight excluding hydrogens is 336 g/mol. The molecule has 1 aromatic carbocycles. The van der Waals surface area contributed by atoms with Crippen molar-refractivity contribution in [3.05, 3.63) is 40.3 Å². The monoisotopic (exact) mass is 350 g/mol. The van der Waals surface area contributed by atoms with E-state index in [-0.39, 0.29) is 11.5 Å². The summed E-state index contributed by atoms with van der Waals surface area (Å²) in [5, 5.41) is 12.6. The number of hydrogen-bond donors (Lipinski definition) is 1. The van der Waals surface area contributed by atoms with Crippen LogP contribution in [0.25, 0.3) is 6.08 Å². The zero-order chi connectivity index (χ0) is 16.4. The first-order chi connectivity index (χ1) is 11.1. The Morgan fingerprint density at radius 3 is 2.70 bits per heavy atom. The van der Waals surface area contributed by atoms with Crippen LogP contribution >= 0.6 is 24.0 Å². The van der Waals surface area contributed by atoms with Crippen LogP contribution in [0, 0.1) is 0 Å². The number of rotatable bonds is 3. The maximum atomic E-state index is 12.6. The molecule has 8 heteroatoms. The molecule has 0 radical (unpaired) electrons. The van der Waals surface area contributed by atoms with Crippen LogP contribution in [-0.2, 0) is 9.53 Å². The molecule has 1 amide bonds. The standard InChI is InChI=1S/C15H14N2O4S2/c18-13-12(9-10-3-1-2-4-11(10)14(19)20)23-15(22)17(13)16-5-7-21-8-6-16/h1-4,9H,5-8H2,(H,19,20)/b12-9+. The van der Waals surface area contributed by atoms with Crippen LogP contribution in [-0.4, -0.2) is 57.6 Å². The number of carbonyl (C=O) groups is 2. The van der Waals surface area contributed by atoms with E-state index in [1.807, 2.05) is 5.01 Å². The molecule has 6 nitrogen and oxygen atoms in total. The molecule has 2 heterocycles. The van der Waals surface area contributed by atoms with Crippen molar-refractivity contribution in [3.63, 3.8) is 0 Å². The predicted octanol–water partition coefficient (Wildman–Crippen LogP) is 1.83. The molecule has 0 aliphatic carbocycles. The molecule has 2 aliphatic rings. The summed E-state index contributed by atoms with van der Waals surface area (Å²) >= 11 is 6.49. The number of carbonyl (C=O) groups excluding carboxylic acids is 1. The Morgan fingerprint density at radius 1 is 1.30 bits per heavy atom. The number of hydrazine groups is 1. The molecule has 0 unspecified atom stereocenters. The molecular formula is C15H14N2O4S2. The molecule has 2 aliphatic heterocycles. The van der Waals surface area contributed by atoms with Gasteiger partial charge in [-0.3, -0.25) is 4.79 Å². The zero-order valence-electron chi connectivity index (χ0n) is 12.1. The van der Waals surface area contributed by atoms with Gasteiger partial charge in [0.2, 0.25) is 0 Å². The number of aromatic carboxylic acids is 1. The van der Waals surface area contributed by atoms with Gasteiger partial charge >= 0.3 is 5.97 Å². The van der Waals surface area contributed by atoms with E-state index in [0.29, 0.717) is 41.1 Å². The van der Waals surface area contributed by atoms with Crippen molar-refractivity contribution < 1.29 is 19.4 Å². The largest absolute Gasteiger partial charge is 0.478 e. The van der Waals surface area contributed by atoms with Gasteiger partial charge in [0.1, 0.15) is 0 Å². The number of ether oxygens (including phenoxy) is 1. The van der Waals surface area contributed by atoms with E-state index in [0.717, 1.165) is 0 Å². The lowest BCUT2D eigenvalue weighted by atomic mass is 10.1. The number of carboxylic acid groups (broad SMARTS) is 1. The zero-order valence-corrected chi connectivity index (χ0v) is 13.7. The summed E-state index contributed by atoms with van der Waals surface area (Å²) in [5.41, 5.74) is 0.645. The van der Waals surface area contributed by atoms with Crippen molar-refractivity contribution >= 4 is 46.3 Å². The van der Waals surface area contributed by atoms with Crippen LogP contribution in [0.2, 0.25) is 0 Å². The van der Waals surface area contributed by atoms with E-state index < -0.39 is 5.97 Å². The van der Waals surface area contributed by atoms with Crippen molar-refractivity contribution in [1.29, 1.82) is 0 Å². The maximum absolute atomic E-state index is 12.6. The fraction of sp³-hybridized carbons (Fsp3) is 0.267. The van der Waals surface area contributed by atoms with Gasteiger partial charge in [-0.25, -0.2) is 14.8 Å². The Labute approximate surface area is 142 Å². The highest BCUT2D eigenvalue weighted by molar-refractivity contribution is 8.26. The highest BCUT2D eigenvalue weighted by Crippen LogP contribution is 2.34. The highest BCUT2D eigenvalue weighted by Gasteiger charge is 2.37. The van der Waals surface area contributed by atoms with Gasteiger partial charge in [-0.2, -0.15) is 0 Å². The molecule has 1 aromatic rings. The number of thiocarbonyl (C=S) groups is 1. The normalized spacial score (nSPS) is 21.2. The van der Waals surface area contributed by atoms with Gasteiger partial charge in [0.15, 0.2) is 4.32 Å². The molecule has 0 atom stereocenters. The summed E-state index contributed by atoms with van der Waals surface area (Å²) in [6, 6.07) is 6.57. The van der Waals surface area contributed by atoms with Crippen molar-refractivity contribution in [3.8, 4) is 0 Å². The second-order valence-electron chi connectivity index (χ2n) is 4.95. The van der Waals surface area contributed by atoms with Gasteiger partial charge in [-0.15, -0.1) is 0 Å². The summed E-state index contributed by atoms with van der Waals surface area (Å²) in [5.74, 6) is -1.25. The first kappa shape index (κ1) is 16.1. The minimum Gasteiger partial charge on any atom is -0.478 e. The van der Waals surface area contributed by atoms with Gasteiger partial charge in [0, 0.05) is 13.1 Å². The number of morpholine rings is 1. The number of hydrogen-bond acceptors (Lipinski definition) is 6. The van der Waals surface area contributed by atoms with E-state index in [1.54, 1.807) is 24.3 Å². The molecule has 0 aromatic heterocycles. The smallest absolute Gasteiger partial charge is 0.336 e. The van der Waals surface area contributed by atoms with Gasteiger partial charge in [0.05, 0.1) is 23.7 Å². The van der Waals surface area contributed by atoms with E-state index in [2.05, 4.69) is 0 Å². The topological polar surface area (TPSA) is 70.1 Å². The summed E-state index contributed by atoms with van der Waals surface area (Å²) in [6.07, 6.45) is 1.59. The quantitative estimate of drug-likeness (QED) is 0.659. The lowest BCUT2D eigenvalue weighted by Crippen LogP contribution is -2.50. The fourth-order valence-electron chi connectivity index (χ4n) is 2.42. The van der Waals surface area contributed by atoms with Crippen LogP contribution in [0.15, 0.2) is 29.2 Å². The number of nitrogens with zero attached hydrogens (tertiary/aromatic N) is 2. The third-order valence-electron chi connectivity index (χ3n) is 3.52. The first-order valence-electron chi connectivity index (χ1n) is 7.01. The Balaban J connectivity index is 1.88. The average molecular weight is 350 g/mol. The summed E-state index contributed by atoms with van der Waals surface area (Å²) in [7, 11) is 0. The molecule has 120 valence electrons. The maximum Gasteiger partial charge on any atom is 0.336 e. The van der Waals surface area contributed by atoms with E-state index in [9.17, 15) is 14.7 Å². The molecule has 23 heavy (non-hydrogen) atoms. The third kappa shape index (κ3) is 3.30. The lowest BCUT2D eigenvalue weighted by Gasteiger charge is -2.33. The second kappa shape index (κ2) is 6.79. The molecule has 0 spiro atoms. The molecule has 0 bridgehead atoms. The van der Waals surface area contributed by atoms with Crippen molar-refractivity contribution in [1.82, 2.24) is 10.0 Å². The van der Waals surface area contributed by atoms with Crippen LogP contribution in [0.5, 0.6) is 0 Å². The van der Waals surface area contributed by atoms with Gasteiger partial charge < -0.3 is 9.84 Å². The SMILES string of the molecule is O=C(O)c1ccccc1/C=C1/SC(=S)N(N2CCOCC2)C1=O. The Kier molecular flexibility index (Phi) is 4.76. The van der Waals surface area contributed by atoms with Crippen LogP contribution in [0.3, 0.4) is 0 Å². The molecule has 3 rings (SSSR count). The minimum absolute atomic E-state index is 0.157. The van der Waals surface area contributed by atoms with Crippen LogP contribution in [0.1, 0.15) is 15.9 Å². The fourth-order valence-corrected chi connectivity index (χ4v) is 3.72. The minimum atomic E-state index is -1.03. The van der Waals surface area contributed by atoms with Crippen molar-refractivity contribution in [2.45, 2.75) is 0 Å². The van der Waals surface area contributed by atoms with Crippen LogP contribution < -0.4 is 0 Å². The van der Waals surface area contributed by atoms with Crippen LogP contribution in [0.4, 0.5) is 0 Å². The van der Waals surface area contributed by atoms with Gasteiger partial charge in [-0.05, 0) is 17.7 Å². The number of carboxylic acids is 1. The van der Waals surface area contributed by atoms with Gasteiger partial charge in [0.25, 0.3) is 5.91 Å². The lowest BCUT2D eigenvalue weighted by molar-refractivity contribution is -0.138. The first-order valence-corrected chi connectivity index (χ1v) is 8.23. The predicted molar refractivity (Wildman–Crippen MR) is 90.8 cm³/mol. The number of thioether (sulfide) groups is 1. The summed E-state index contributed by atoms with van der Waals surface area (Å²) in [6.45, 7) is 2.31. The summed E-state index contributed by atoms with van der Waals surface area (Å²) < 4.78 is 5.74. The molecule has 2 saturated heterocycles. The molecule has 1 N–H and O–H groups in total. The molecule has 2 fully saturated rings. The van der Waals surface area contributed by atoms with E-state index in [1.165, 1.54) is 22.8 Å². The Bertz CT molecular complexity index is 698. The Morgan fingerprint density at radius 2 is 2.00 bits per heavy atom. The van der Waals surface area contributed by atoms with Crippen molar-refractivity contribution in [2.24, 2.45) is 0 Å². The average Bonchev–Trinajstić information content (AvgIpc) is 2.82. The van der Waals surface area contributed by atoms with Gasteiger partial charge in [-0.1, -0.05) is 42.2 Å². The molecule has 0 saturated carbocycles. The Hall–Kier alpha value is -1.74. The third-order valence-corrected chi connectivity index (χ3v) is 4.80. The number of benzene rings is 1. The second-order valence-corrected chi connectivity index (χ2v) is 6.63. The van der Waals surface area contributed by atoms with Crippen molar-refractivity contribution in [2.75, 3.05) is 26.3 Å².